The zero-order chi connectivity index (χ0) is 21.6. The van der Waals surface area contributed by atoms with Crippen LogP contribution >= 0.6 is 0 Å². The van der Waals surface area contributed by atoms with E-state index in [2.05, 4.69) is 5.43 Å². The molecule has 4 rings (SSSR count). The first-order valence-electron chi connectivity index (χ1n) is 10.3. The molecule has 31 heavy (non-hydrogen) atoms. The van der Waals surface area contributed by atoms with Gasteiger partial charge in [-0.2, -0.15) is 5.10 Å². The molecule has 3 aromatic rings. The number of amidine groups is 1. The predicted octanol–water partition coefficient (Wildman–Crippen LogP) is 4.93. The molecule has 0 aliphatic carbocycles. The van der Waals surface area contributed by atoms with E-state index < -0.39 is 0 Å². The van der Waals surface area contributed by atoms with Crippen LogP contribution in [-0.4, -0.2) is 31.9 Å². The summed E-state index contributed by atoms with van der Waals surface area (Å²) in [7, 11) is 1.65. The lowest BCUT2D eigenvalue weighted by molar-refractivity contribution is 0.340. The topological polar surface area (TPSA) is 64.4 Å². The zero-order valence-electron chi connectivity index (χ0n) is 17.9. The lowest BCUT2D eigenvalue weighted by Crippen LogP contribution is -2.19. The summed E-state index contributed by atoms with van der Waals surface area (Å²) in [5.74, 6) is 3.06. The molecule has 0 atom stereocenters. The van der Waals surface area contributed by atoms with Crippen molar-refractivity contribution in [2.45, 2.75) is 13.8 Å². The van der Waals surface area contributed by atoms with Crippen LogP contribution in [0.15, 0.2) is 76.8 Å². The Hall–Kier alpha value is -3.80. The number of benzene rings is 3. The highest BCUT2D eigenvalue weighted by Crippen LogP contribution is 2.30. The summed E-state index contributed by atoms with van der Waals surface area (Å²) in [6, 6.07) is 21.5. The molecule has 0 amide bonds. The third-order valence-electron chi connectivity index (χ3n) is 4.84. The predicted molar refractivity (Wildman–Crippen MR) is 123 cm³/mol. The lowest BCUT2D eigenvalue weighted by atomic mass is 10.0. The molecule has 0 bridgehead atoms. The van der Waals surface area contributed by atoms with Crippen LogP contribution in [0.4, 0.5) is 5.69 Å². The van der Waals surface area contributed by atoms with Crippen LogP contribution in [0.3, 0.4) is 0 Å². The number of nitrogens with one attached hydrogen (secondary N) is 1. The second kappa shape index (κ2) is 9.34. The maximum atomic E-state index is 5.73. The molecule has 0 spiro atoms. The number of hydrogen-bond acceptors (Lipinski definition) is 6. The molecule has 158 valence electrons. The molecule has 3 aromatic carbocycles. The second-order valence-electron chi connectivity index (χ2n) is 6.83. The molecule has 1 aliphatic heterocycles. The number of methoxy groups -OCH3 is 1. The highest BCUT2D eigenvalue weighted by atomic mass is 16.5. The van der Waals surface area contributed by atoms with Gasteiger partial charge in [-0.25, -0.2) is 4.99 Å². The molecular weight excluding hydrogens is 390 g/mol. The molecule has 0 aromatic heterocycles. The standard InChI is InChI=1S/C25H25N3O3/c1-4-30-20-12-6-17(7-13-20)24-22-16-21(31-5-2)14-15-23(22)26-25(28-27-24)18-8-10-19(29-3)11-9-18/h6-16H,4-5H2,1-3H3,(H,26,28). The molecule has 0 fully saturated rings. The van der Waals surface area contributed by atoms with E-state index in [0.717, 1.165) is 45.3 Å². The summed E-state index contributed by atoms with van der Waals surface area (Å²) < 4.78 is 16.6. The average Bonchev–Trinajstić information content (AvgIpc) is 3.00. The minimum atomic E-state index is 0.590. The number of hydrogen-bond donors (Lipinski definition) is 1. The zero-order valence-corrected chi connectivity index (χ0v) is 17.9. The van der Waals surface area contributed by atoms with Crippen LogP contribution in [0.25, 0.3) is 0 Å². The molecule has 1 heterocycles. The van der Waals surface area contributed by atoms with Gasteiger partial charge in [0.05, 0.1) is 26.0 Å². The van der Waals surface area contributed by atoms with E-state index in [-0.39, 0.29) is 0 Å². The number of nitrogens with zero attached hydrogens (tertiary/aromatic N) is 2. The van der Waals surface area contributed by atoms with Gasteiger partial charge in [0.25, 0.3) is 0 Å². The summed E-state index contributed by atoms with van der Waals surface area (Å²) in [5, 5.41) is 4.72. The molecule has 0 unspecified atom stereocenters. The van der Waals surface area contributed by atoms with Gasteiger partial charge in [0.2, 0.25) is 0 Å². The quantitative estimate of drug-likeness (QED) is 0.594. The fourth-order valence-corrected chi connectivity index (χ4v) is 3.35. The van der Waals surface area contributed by atoms with E-state index in [1.807, 2.05) is 80.6 Å². The van der Waals surface area contributed by atoms with Gasteiger partial charge in [-0.15, -0.1) is 0 Å². The summed E-state index contributed by atoms with van der Waals surface area (Å²) in [5.41, 5.74) is 7.51. The van der Waals surface area contributed by atoms with Crippen LogP contribution in [0, 0.1) is 0 Å². The number of aliphatic imine (C=N–C) groups is 1. The summed E-state index contributed by atoms with van der Waals surface area (Å²) in [6.07, 6.45) is 0. The van der Waals surface area contributed by atoms with Gasteiger partial charge in [-0.05, 0) is 80.6 Å². The summed E-state index contributed by atoms with van der Waals surface area (Å²) >= 11 is 0. The van der Waals surface area contributed by atoms with E-state index >= 15 is 0 Å². The molecule has 1 aliphatic rings. The van der Waals surface area contributed by atoms with Crippen molar-refractivity contribution in [2.75, 3.05) is 20.3 Å². The molecule has 6 heteroatoms. The Balaban J connectivity index is 1.78. The van der Waals surface area contributed by atoms with Crippen LogP contribution in [0.1, 0.15) is 30.5 Å². The number of fused-ring (bicyclic) bond motifs is 1. The molecule has 0 saturated heterocycles. The lowest BCUT2D eigenvalue weighted by Gasteiger charge is -2.11. The molecule has 6 nitrogen and oxygen atoms in total. The van der Waals surface area contributed by atoms with E-state index in [1.54, 1.807) is 7.11 Å². The van der Waals surface area contributed by atoms with Crippen molar-refractivity contribution < 1.29 is 14.2 Å². The van der Waals surface area contributed by atoms with Crippen molar-refractivity contribution in [3.8, 4) is 17.2 Å². The smallest absolute Gasteiger partial charge is 0.154 e. The van der Waals surface area contributed by atoms with E-state index in [4.69, 9.17) is 24.3 Å². The Morgan fingerprint density at radius 1 is 0.742 bits per heavy atom. The van der Waals surface area contributed by atoms with Crippen LogP contribution < -0.4 is 19.6 Å². The number of rotatable bonds is 7. The molecule has 0 radical (unpaired) electrons. The number of ether oxygens (including phenoxy) is 3. The Bertz CT molecular complexity index is 1100. The molecule has 0 saturated carbocycles. The second-order valence-corrected chi connectivity index (χ2v) is 6.83. The molecular formula is C25H25N3O3. The van der Waals surface area contributed by atoms with E-state index in [1.165, 1.54) is 0 Å². The van der Waals surface area contributed by atoms with Crippen molar-refractivity contribution in [1.29, 1.82) is 0 Å². The fraction of sp³-hybridized carbons (Fsp3) is 0.200. The SMILES string of the molecule is CCOc1ccc(C2=NNC(c3ccc(OC)cc3)=Nc3ccc(OCC)cc32)cc1. The van der Waals surface area contributed by atoms with Crippen LogP contribution in [0.2, 0.25) is 0 Å². The van der Waals surface area contributed by atoms with E-state index in [9.17, 15) is 0 Å². The Morgan fingerprint density at radius 2 is 1.35 bits per heavy atom. The van der Waals surface area contributed by atoms with Gasteiger partial charge in [0.15, 0.2) is 5.84 Å². The summed E-state index contributed by atoms with van der Waals surface area (Å²) in [4.78, 5) is 4.86. The van der Waals surface area contributed by atoms with Gasteiger partial charge >= 0.3 is 0 Å². The van der Waals surface area contributed by atoms with Gasteiger partial charge in [0, 0.05) is 16.7 Å². The van der Waals surface area contributed by atoms with E-state index in [0.29, 0.717) is 19.0 Å². The Labute approximate surface area is 182 Å². The largest absolute Gasteiger partial charge is 0.497 e. The van der Waals surface area contributed by atoms with Gasteiger partial charge in [-0.3, -0.25) is 5.43 Å². The van der Waals surface area contributed by atoms with Crippen molar-refractivity contribution in [2.24, 2.45) is 10.1 Å². The first kappa shape index (κ1) is 20.5. The minimum absolute atomic E-state index is 0.590. The summed E-state index contributed by atoms with van der Waals surface area (Å²) in [6.45, 7) is 5.15. The van der Waals surface area contributed by atoms with Gasteiger partial charge < -0.3 is 14.2 Å². The van der Waals surface area contributed by atoms with Crippen molar-refractivity contribution in [3.63, 3.8) is 0 Å². The average molecular weight is 415 g/mol. The molecule has 1 N–H and O–H groups in total. The van der Waals surface area contributed by atoms with Gasteiger partial charge in [-0.1, -0.05) is 0 Å². The maximum absolute atomic E-state index is 5.73. The normalized spacial score (nSPS) is 12.6. The monoisotopic (exact) mass is 415 g/mol. The Kier molecular flexibility index (Phi) is 6.17. The van der Waals surface area contributed by atoms with Crippen LogP contribution in [0.5, 0.6) is 17.2 Å². The van der Waals surface area contributed by atoms with Crippen LogP contribution in [-0.2, 0) is 0 Å². The first-order valence-corrected chi connectivity index (χ1v) is 10.3. The first-order chi connectivity index (χ1) is 15.2. The highest BCUT2D eigenvalue weighted by molar-refractivity contribution is 6.18. The van der Waals surface area contributed by atoms with Crippen molar-refractivity contribution >= 4 is 17.2 Å². The Morgan fingerprint density at radius 3 is 2.03 bits per heavy atom. The number of hydrazone groups is 1. The third kappa shape index (κ3) is 4.53. The van der Waals surface area contributed by atoms with Crippen molar-refractivity contribution in [1.82, 2.24) is 5.43 Å². The third-order valence-corrected chi connectivity index (χ3v) is 4.84. The fourth-order valence-electron chi connectivity index (χ4n) is 3.35. The van der Waals surface area contributed by atoms with Crippen molar-refractivity contribution in [3.05, 3.63) is 83.4 Å². The van der Waals surface area contributed by atoms with Gasteiger partial charge in [0.1, 0.15) is 23.0 Å². The minimum Gasteiger partial charge on any atom is -0.497 e. The highest BCUT2D eigenvalue weighted by Gasteiger charge is 2.18. The maximum Gasteiger partial charge on any atom is 0.154 e.